The largest absolute Gasteiger partial charge is 0.307 e. The molecule has 1 nitrogen and oxygen atoms in total. The Kier molecular flexibility index (Phi) is 2.67. The van der Waals surface area contributed by atoms with Crippen molar-refractivity contribution in [2.24, 2.45) is 0 Å². The lowest BCUT2D eigenvalue weighted by Crippen LogP contribution is -2.47. The lowest BCUT2D eigenvalue weighted by molar-refractivity contribution is 0.207. The maximum Gasteiger partial charge on any atom is 0.0221 e. The average Bonchev–Trinajstić information content (AvgIpc) is 2.38. The minimum atomic E-state index is 0.433. The Morgan fingerprint density at radius 3 is 2.57 bits per heavy atom. The van der Waals surface area contributed by atoms with Gasteiger partial charge in [0.25, 0.3) is 0 Å². The van der Waals surface area contributed by atoms with E-state index in [0.29, 0.717) is 5.54 Å². The summed E-state index contributed by atoms with van der Waals surface area (Å²) in [5.41, 5.74) is 1.92. The van der Waals surface area contributed by atoms with Crippen LogP contribution in [0, 0.1) is 13.8 Å². The summed E-state index contributed by atoms with van der Waals surface area (Å²) in [6, 6.07) is 2.31. The van der Waals surface area contributed by atoms with Gasteiger partial charge >= 0.3 is 0 Å². The summed E-state index contributed by atoms with van der Waals surface area (Å²) in [7, 11) is 0. The summed E-state index contributed by atoms with van der Waals surface area (Å²) < 4.78 is 0. The van der Waals surface area contributed by atoms with Crippen LogP contribution in [0.4, 0.5) is 0 Å². The molecule has 2 heteroatoms. The van der Waals surface area contributed by atoms with E-state index in [2.05, 4.69) is 32.2 Å². The van der Waals surface area contributed by atoms with Gasteiger partial charge in [-0.3, -0.25) is 0 Å². The van der Waals surface area contributed by atoms with Gasteiger partial charge in [-0.15, -0.1) is 11.3 Å². The molecule has 1 fully saturated rings. The molecule has 1 aliphatic rings. The van der Waals surface area contributed by atoms with Crippen molar-refractivity contribution < 1.29 is 0 Å². The average molecular weight is 209 g/mol. The molecule has 0 saturated heterocycles. The molecule has 2 rings (SSSR count). The van der Waals surface area contributed by atoms with E-state index in [1.165, 1.54) is 34.6 Å². The molecule has 1 heterocycles. The molecule has 0 aromatic carbocycles. The van der Waals surface area contributed by atoms with Crippen LogP contribution in [-0.4, -0.2) is 5.54 Å². The molecule has 1 aromatic rings. The van der Waals surface area contributed by atoms with Gasteiger partial charge in [0.1, 0.15) is 0 Å². The van der Waals surface area contributed by atoms with Crippen molar-refractivity contribution >= 4 is 11.3 Å². The van der Waals surface area contributed by atoms with E-state index in [4.69, 9.17) is 0 Å². The van der Waals surface area contributed by atoms with Crippen LogP contribution in [0.2, 0.25) is 0 Å². The summed E-state index contributed by atoms with van der Waals surface area (Å²) in [6.07, 6.45) is 4.08. The second-order valence-electron chi connectivity index (χ2n) is 4.71. The number of hydrogen-bond acceptors (Lipinski definition) is 2. The van der Waals surface area contributed by atoms with Crippen molar-refractivity contribution in [3.63, 3.8) is 0 Å². The van der Waals surface area contributed by atoms with Crippen LogP contribution in [0.1, 0.15) is 41.5 Å². The van der Waals surface area contributed by atoms with E-state index in [0.717, 1.165) is 6.54 Å². The van der Waals surface area contributed by atoms with E-state index < -0.39 is 0 Å². The molecule has 1 aromatic heterocycles. The van der Waals surface area contributed by atoms with Gasteiger partial charge in [-0.1, -0.05) is 0 Å². The molecule has 1 aliphatic carbocycles. The number of aryl methyl sites for hydroxylation is 2. The molecule has 0 bridgehead atoms. The van der Waals surface area contributed by atoms with Crippen LogP contribution in [0.25, 0.3) is 0 Å². The monoisotopic (exact) mass is 209 g/mol. The second-order valence-corrected chi connectivity index (χ2v) is 6.17. The van der Waals surface area contributed by atoms with Crippen molar-refractivity contribution in [3.05, 3.63) is 21.4 Å². The van der Waals surface area contributed by atoms with Gasteiger partial charge in [-0.05, 0) is 51.7 Å². The predicted octanol–water partition coefficient (Wildman–Crippen LogP) is 3.40. The normalized spacial score (nSPS) is 19.4. The summed E-state index contributed by atoms with van der Waals surface area (Å²) in [5.74, 6) is 0. The van der Waals surface area contributed by atoms with Gasteiger partial charge in [-0.2, -0.15) is 0 Å². The number of rotatable bonds is 3. The van der Waals surface area contributed by atoms with Crippen LogP contribution in [-0.2, 0) is 6.54 Å². The minimum absolute atomic E-state index is 0.433. The molecule has 0 spiro atoms. The third-order valence-electron chi connectivity index (χ3n) is 3.31. The van der Waals surface area contributed by atoms with Gasteiger partial charge in [0.2, 0.25) is 0 Å². The van der Waals surface area contributed by atoms with Crippen molar-refractivity contribution in [2.45, 2.75) is 52.1 Å². The maximum atomic E-state index is 3.67. The van der Waals surface area contributed by atoms with E-state index in [-0.39, 0.29) is 0 Å². The summed E-state index contributed by atoms with van der Waals surface area (Å²) in [6.45, 7) is 7.79. The SMILES string of the molecule is Cc1cc(CNC2(C)CCC2)c(C)s1. The third kappa shape index (κ3) is 2.01. The standard InChI is InChI=1S/C12H19NS/c1-9-7-11(10(2)14-9)8-13-12(3)5-4-6-12/h7,13H,4-6,8H2,1-3H3. The number of nitrogens with one attached hydrogen (secondary N) is 1. The molecular weight excluding hydrogens is 190 g/mol. The fourth-order valence-electron chi connectivity index (χ4n) is 2.05. The molecule has 1 saturated carbocycles. The van der Waals surface area contributed by atoms with Crippen LogP contribution in [0.5, 0.6) is 0 Å². The highest BCUT2D eigenvalue weighted by atomic mass is 32.1. The van der Waals surface area contributed by atoms with E-state index >= 15 is 0 Å². The Morgan fingerprint density at radius 1 is 1.43 bits per heavy atom. The topological polar surface area (TPSA) is 12.0 Å². The number of hydrogen-bond donors (Lipinski definition) is 1. The molecule has 0 radical (unpaired) electrons. The molecular formula is C12H19NS. The fraction of sp³-hybridized carbons (Fsp3) is 0.667. The molecule has 14 heavy (non-hydrogen) atoms. The fourth-order valence-corrected chi connectivity index (χ4v) is 3.00. The first kappa shape index (κ1) is 10.2. The first-order valence-corrected chi connectivity index (χ1v) is 6.22. The Morgan fingerprint density at radius 2 is 2.14 bits per heavy atom. The van der Waals surface area contributed by atoms with E-state index in [1.807, 2.05) is 11.3 Å². The maximum absolute atomic E-state index is 3.67. The summed E-state index contributed by atoms with van der Waals surface area (Å²) >= 11 is 1.91. The Bertz CT molecular complexity index is 323. The zero-order chi connectivity index (χ0) is 10.2. The second kappa shape index (κ2) is 3.67. The molecule has 0 atom stereocenters. The van der Waals surface area contributed by atoms with Crippen LogP contribution in [0.3, 0.4) is 0 Å². The Hall–Kier alpha value is -0.340. The van der Waals surface area contributed by atoms with Gasteiger partial charge in [0.15, 0.2) is 0 Å². The van der Waals surface area contributed by atoms with E-state index in [1.54, 1.807) is 0 Å². The molecule has 78 valence electrons. The first-order valence-electron chi connectivity index (χ1n) is 5.40. The smallest absolute Gasteiger partial charge is 0.0221 e. The first-order chi connectivity index (χ1) is 6.59. The Labute approximate surface area is 90.5 Å². The Balaban J connectivity index is 1.94. The molecule has 0 aliphatic heterocycles. The highest BCUT2D eigenvalue weighted by Crippen LogP contribution is 2.31. The highest BCUT2D eigenvalue weighted by molar-refractivity contribution is 7.12. The van der Waals surface area contributed by atoms with Crippen LogP contribution in [0.15, 0.2) is 6.07 Å². The zero-order valence-corrected chi connectivity index (χ0v) is 10.1. The third-order valence-corrected chi connectivity index (χ3v) is 4.31. The quantitative estimate of drug-likeness (QED) is 0.804. The highest BCUT2D eigenvalue weighted by Gasteiger charge is 2.30. The lowest BCUT2D eigenvalue weighted by Gasteiger charge is -2.39. The van der Waals surface area contributed by atoms with Crippen LogP contribution >= 0.6 is 11.3 Å². The predicted molar refractivity (Wildman–Crippen MR) is 62.9 cm³/mol. The van der Waals surface area contributed by atoms with Gasteiger partial charge in [-0.25, -0.2) is 0 Å². The number of thiophene rings is 1. The molecule has 0 amide bonds. The zero-order valence-electron chi connectivity index (χ0n) is 9.31. The van der Waals surface area contributed by atoms with Crippen molar-refractivity contribution in [3.8, 4) is 0 Å². The molecule has 1 N–H and O–H groups in total. The molecule has 0 unspecified atom stereocenters. The van der Waals surface area contributed by atoms with E-state index in [9.17, 15) is 0 Å². The lowest BCUT2D eigenvalue weighted by atomic mass is 9.78. The van der Waals surface area contributed by atoms with Crippen molar-refractivity contribution in [2.75, 3.05) is 0 Å². The van der Waals surface area contributed by atoms with Gasteiger partial charge in [0.05, 0.1) is 0 Å². The van der Waals surface area contributed by atoms with Crippen LogP contribution < -0.4 is 5.32 Å². The summed E-state index contributed by atoms with van der Waals surface area (Å²) in [4.78, 5) is 2.90. The summed E-state index contributed by atoms with van der Waals surface area (Å²) in [5, 5.41) is 3.67. The van der Waals surface area contributed by atoms with Crippen molar-refractivity contribution in [1.82, 2.24) is 5.32 Å². The van der Waals surface area contributed by atoms with Gasteiger partial charge in [0, 0.05) is 21.8 Å². The minimum Gasteiger partial charge on any atom is -0.307 e. The van der Waals surface area contributed by atoms with Gasteiger partial charge < -0.3 is 5.32 Å². The van der Waals surface area contributed by atoms with Crippen molar-refractivity contribution in [1.29, 1.82) is 0 Å².